The van der Waals surface area contributed by atoms with E-state index in [9.17, 15) is 0 Å². The second-order valence-electron chi connectivity index (χ2n) is 5.66. The van der Waals surface area contributed by atoms with E-state index in [1.165, 1.54) is 24.8 Å². The quantitative estimate of drug-likeness (QED) is 0.577. The standard InChI is InChI=1S/C9H11Cl.C7H15N.3CH4.Y/c1-7(2)8-4-3-5-9(10)6-8;1-6(2)8-7-4-3-5-7;;;;/h3-7H,1-2H3;6-8H,3-5H2,1-2H3;3*1H4;. The molecule has 1 aliphatic rings. The molecule has 0 aromatic heterocycles. The minimum absolute atomic E-state index is 0. The summed E-state index contributed by atoms with van der Waals surface area (Å²) in [7, 11) is 0. The van der Waals surface area contributed by atoms with E-state index in [1.54, 1.807) is 0 Å². The van der Waals surface area contributed by atoms with Crippen LogP contribution in [0.25, 0.3) is 0 Å². The van der Waals surface area contributed by atoms with Crippen LogP contribution in [-0.4, -0.2) is 12.1 Å². The normalized spacial score (nSPS) is 12.5. The van der Waals surface area contributed by atoms with Crippen LogP contribution in [-0.2, 0) is 32.7 Å². The SMILES string of the molecule is C.C.C.CC(C)NC1CCC1.CC(C)c1cccc(Cl)c1.[Y]. The maximum atomic E-state index is 5.79. The molecule has 0 spiro atoms. The second-order valence-corrected chi connectivity index (χ2v) is 6.10. The fraction of sp³-hybridized carbons (Fsp3) is 0.684. The van der Waals surface area contributed by atoms with Crippen molar-refractivity contribution >= 4 is 11.6 Å². The molecule has 0 bridgehead atoms. The van der Waals surface area contributed by atoms with Gasteiger partial charge < -0.3 is 5.32 Å². The fourth-order valence-corrected chi connectivity index (χ4v) is 2.11. The summed E-state index contributed by atoms with van der Waals surface area (Å²) in [4.78, 5) is 0. The molecule has 1 radical (unpaired) electrons. The molecule has 2 rings (SSSR count). The van der Waals surface area contributed by atoms with Gasteiger partial charge in [-0.2, -0.15) is 0 Å². The topological polar surface area (TPSA) is 12.0 Å². The van der Waals surface area contributed by atoms with Gasteiger partial charge in [0.2, 0.25) is 0 Å². The van der Waals surface area contributed by atoms with Crippen LogP contribution in [0.1, 0.15) is 80.7 Å². The summed E-state index contributed by atoms with van der Waals surface area (Å²) in [5, 5.41) is 4.30. The van der Waals surface area contributed by atoms with Crippen molar-refractivity contribution in [2.24, 2.45) is 0 Å². The van der Waals surface area contributed by atoms with Crippen LogP contribution in [0, 0.1) is 0 Å². The Morgan fingerprint density at radius 1 is 1.05 bits per heavy atom. The van der Waals surface area contributed by atoms with Crippen molar-refractivity contribution in [1.29, 1.82) is 0 Å². The van der Waals surface area contributed by atoms with Gasteiger partial charge in [-0.3, -0.25) is 0 Å². The summed E-state index contributed by atoms with van der Waals surface area (Å²) in [6, 6.07) is 9.52. The number of halogens is 1. The molecule has 0 aliphatic heterocycles. The molecule has 0 amide bonds. The average molecular weight is 405 g/mol. The Hall–Kier alpha value is 0.574. The smallest absolute Gasteiger partial charge is 0.0408 e. The van der Waals surface area contributed by atoms with E-state index in [-0.39, 0.29) is 55.0 Å². The monoisotopic (exact) mass is 404 g/mol. The van der Waals surface area contributed by atoms with Crippen LogP contribution in [0.15, 0.2) is 24.3 Å². The van der Waals surface area contributed by atoms with Crippen molar-refractivity contribution in [3.05, 3.63) is 34.9 Å². The average Bonchev–Trinajstić information content (AvgIpc) is 2.24. The molecule has 129 valence electrons. The van der Waals surface area contributed by atoms with Crippen molar-refractivity contribution < 1.29 is 32.7 Å². The van der Waals surface area contributed by atoms with Crippen molar-refractivity contribution in [2.75, 3.05) is 0 Å². The Bertz CT molecular complexity index is 349. The van der Waals surface area contributed by atoms with Crippen molar-refractivity contribution in [2.45, 2.75) is 87.2 Å². The molecule has 1 aliphatic carbocycles. The third-order valence-corrected chi connectivity index (χ3v) is 3.42. The maximum absolute atomic E-state index is 5.79. The summed E-state index contributed by atoms with van der Waals surface area (Å²) < 4.78 is 0. The van der Waals surface area contributed by atoms with Crippen LogP contribution in [0.4, 0.5) is 0 Å². The molecular formula is C19H38ClNY. The first-order valence-corrected chi connectivity index (χ1v) is 7.38. The zero-order chi connectivity index (χ0) is 13.5. The van der Waals surface area contributed by atoms with Crippen molar-refractivity contribution in [1.82, 2.24) is 5.32 Å². The number of hydrogen-bond donors (Lipinski definition) is 1. The van der Waals surface area contributed by atoms with Crippen LogP contribution in [0.5, 0.6) is 0 Å². The van der Waals surface area contributed by atoms with E-state index in [1.807, 2.05) is 18.2 Å². The Kier molecular flexibility index (Phi) is 22.7. The molecule has 1 N–H and O–H groups in total. The van der Waals surface area contributed by atoms with Crippen LogP contribution in [0.3, 0.4) is 0 Å². The molecule has 3 heteroatoms. The Labute approximate surface area is 170 Å². The maximum Gasteiger partial charge on any atom is 0.0408 e. The van der Waals surface area contributed by atoms with Gasteiger partial charge in [0.05, 0.1) is 0 Å². The van der Waals surface area contributed by atoms with Gasteiger partial charge in [-0.05, 0) is 36.5 Å². The number of rotatable bonds is 3. The molecular weight excluding hydrogens is 367 g/mol. The summed E-state index contributed by atoms with van der Waals surface area (Å²) in [5.74, 6) is 0.568. The van der Waals surface area contributed by atoms with Crippen molar-refractivity contribution in [3.8, 4) is 0 Å². The van der Waals surface area contributed by atoms with Crippen molar-refractivity contribution in [3.63, 3.8) is 0 Å². The Morgan fingerprint density at radius 3 is 1.82 bits per heavy atom. The van der Waals surface area contributed by atoms with Gasteiger partial charge in [0, 0.05) is 49.8 Å². The summed E-state index contributed by atoms with van der Waals surface area (Å²) in [5.41, 5.74) is 1.30. The van der Waals surface area contributed by atoms with E-state index in [2.05, 4.69) is 39.1 Å². The number of hydrogen-bond acceptors (Lipinski definition) is 1. The van der Waals surface area contributed by atoms with Gasteiger partial charge >= 0.3 is 0 Å². The zero-order valence-electron chi connectivity index (χ0n) is 12.6. The molecule has 0 atom stereocenters. The molecule has 22 heavy (non-hydrogen) atoms. The number of benzene rings is 1. The van der Waals surface area contributed by atoms with Crippen LogP contribution in [0.2, 0.25) is 5.02 Å². The third kappa shape index (κ3) is 13.1. The fourth-order valence-electron chi connectivity index (χ4n) is 1.91. The van der Waals surface area contributed by atoms with Gasteiger partial charge in [0.1, 0.15) is 0 Å². The molecule has 1 aromatic carbocycles. The second kappa shape index (κ2) is 16.4. The minimum atomic E-state index is 0. The Balaban J connectivity index is -0.000000126. The van der Waals surface area contributed by atoms with Gasteiger partial charge in [-0.15, -0.1) is 0 Å². The molecule has 1 fully saturated rings. The molecule has 0 heterocycles. The van der Waals surface area contributed by atoms with E-state index >= 15 is 0 Å². The van der Waals surface area contributed by atoms with E-state index < -0.39 is 0 Å². The first-order valence-electron chi connectivity index (χ1n) is 7.00. The molecule has 0 unspecified atom stereocenters. The minimum Gasteiger partial charge on any atom is -0.312 e. The van der Waals surface area contributed by atoms with Gasteiger partial charge in [-0.1, -0.05) is 80.1 Å². The zero-order valence-corrected chi connectivity index (χ0v) is 16.2. The van der Waals surface area contributed by atoms with Crippen LogP contribution >= 0.6 is 11.6 Å². The molecule has 0 saturated heterocycles. The van der Waals surface area contributed by atoms with Crippen LogP contribution < -0.4 is 5.32 Å². The van der Waals surface area contributed by atoms with E-state index in [0.717, 1.165) is 11.1 Å². The summed E-state index contributed by atoms with van der Waals surface area (Å²) in [6.45, 7) is 8.73. The van der Waals surface area contributed by atoms with Gasteiger partial charge in [-0.25, -0.2) is 0 Å². The Morgan fingerprint density at radius 2 is 1.59 bits per heavy atom. The molecule has 1 nitrogen and oxygen atoms in total. The molecule has 1 saturated carbocycles. The summed E-state index contributed by atoms with van der Waals surface area (Å²) in [6.07, 6.45) is 4.24. The van der Waals surface area contributed by atoms with Gasteiger partial charge in [0.25, 0.3) is 0 Å². The number of nitrogens with one attached hydrogen (secondary N) is 1. The first kappa shape index (κ1) is 30.5. The summed E-state index contributed by atoms with van der Waals surface area (Å²) >= 11 is 5.79. The van der Waals surface area contributed by atoms with E-state index in [0.29, 0.717) is 12.0 Å². The van der Waals surface area contributed by atoms with E-state index in [4.69, 9.17) is 11.6 Å². The third-order valence-electron chi connectivity index (χ3n) is 3.19. The predicted octanol–water partition coefficient (Wildman–Crippen LogP) is 6.91. The largest absolute Gasteiger partial charge is 0.312 e. The predicted molar refractivity (Wildman–Crippen MR) is 102 cm³/mol. The first-order chi connectivity index (χ1) is 8.49. The molecule has 1 aromatic rings. The van der Waals surface area contributed by atoms with Gasteiger partial charge in [0.15, 0.2) is 0 Å².